The van der Waals surface area contributed by atoms with Crippen LogP contribution in [0.4, 0.5) is 0 Å². The summed E-state index contributed by atoms with van der Waals surface area (Å²) in [6, 6.07) is 0. The van der Waals surface area contributed by atoms with Crippen LogP contribution in [0.2, 0.25) is 5.22 Å². The van der Waals surface area contributed by atoms with Crippen LogP contribution in [-0.4, -0.2) is 20.0 Å². The van der Waals surface area contributed by atoms with Crippen LogP contribution in [0, 0.1) is 0 Å². The molecule has 120 valence electrons. The van der Waals surface area contributed by atoms with Crippen molar-refractivity contribution in [3.05, 3.63) is 48.2 Å². The average molecular weight is 355 g/mol. The second-order valence-electron chi connectivity index (χ2n) is 4.88. The zero-order valence-corrected chi connectivity index (χ0v) is 13.6. The van der Waals surface area contributed by atoms with Gasteiger partial charge in [0.25, 0.3) is 5.56 Å². The molecule has 3 aromatic heterocycles. The number of primary amides is 1. The maximum Gasteiger partial charge on any atom is 0.333 e. The topological polar surface area (TPSA) is 113 Å². The number of furan rings is 1. The summed E-state index contributed by atoms with van der Waals surface area (Å²) < 4.78 is 7.42. The number of hydrogen-bond donors (Lipinski definition) is 1. The van der Waals surface area contributed by atoms with Crippen molar-refractivity contribution >= 4 is 39.9 Å². The van der Waals surface area contributed by atoms with Crippen molar-refractivity contribution in [2.75, 3.05) is 0 Å². The van der Waals surface area contributed by atoms with Gasteiger partial charge >= 0.3 is 5.69 Å². The molecule has 0 fully saturated rings. The number of thiazole rings is 1. The molecule has 0 spiro atoms. The summed E-state index contributed by atoms with van der Waals surface area (Å²) in [5, 5.41) is 1.93. The fourth-order valence-electron chi connectivity index (χ4n) is 2.44. The standard InChI is InChI=1S/C13H11ClN4O4S/c1-17-11(20)7-5(6(9(15)19)10-16-3-4-23-10)8(14)22-12(7)18(2)13(17)21/h3-4,6H,1-2H3,(H2,15,19). The van der Waals surface area contributed by atoms with Crippen LogP contribution in [0.3, 0.4) is 0 Å². The van der Waals surface area contributed by atoms with Gasteiger partial charge < -0.3 is 10.2 Å². The summed E-state index contributed by atoms with van der Waals surface area (Å²) in [7, 11) is 2.77. The quantitative estimate of drug-likeness (QED) is 0.738. The molecule has 1 unspecified atom stereocenters. The fourth-order valence-corrected chi connectivity index (χ4v) is 3.47. The lowest BCUT2D eigenvalue weighted by molar-refractivity contribution is -0.118. The Morgan fingerprint density at radius 2 is 2.09 bits per heavy atom. The molecule has 8 nitrogen and oxygen atoms in total. The Morgan fingerprint density at radius 1 is 1.39 bits per heavy atom. The van der Waals surface area contributed by atoms with Crippen LogP contribution < -0.4 is 17.0 Å². The number of fused-ring (bicyclic) bond motifs is 1. The molecule has 0 aliphatic heterocycles. The highest BCUT2D eigenvalue weighted by molar-refractivity contribution is 7.09. The molecule has 0 aliphatic carbocycles. The average Bonchev–Trinajstić information content (AvgIpc) is 3.12. The molecule has 3 aromatic rings. The molecule has 23 heavy (non-hydrogen) atoms. The first-order valence-corrected chi connectivity index (χ1v) is 7.67. The number of aryl methyl sites for hydroxylation is 1. The molecule has 10 heteroatoms. The van der Waals surface area contributed by atoms with E-state index in [4.69, 9.17) is 21.8 Å². The Labute approximate surface area is 137 Å². The minimum absolute atomic E-state index is 0.0130. The minimum atomic E-state index is -1.03. The molecule has 0 saturated heterocycles. The first-order valence-electron chi connectivity index (χ1n) is 6.41. The third-order valence-corrected chi connectivity index (χ3v) is 4.67. The molecule has 3 heterocycles. The molecule has 2 N–H and O–H groups in total. The lowest BCUT2D eigenvalue weighted by Crippen LogP contribution is -2.37. The lowest BCUT2D eigenvalue weighted by atomic mass is 9.99. The lowest BCUT2D eigenvalue weighted by Gasteiger charge is -2.09. The molecule has 0 saturated carbocycles. The highest BCUT2D eigenvalue weighted by Crippen LogP contribution is 2.37. The van der Waals surface area contributed by atoms with E-state index in [1.807, 2.05) is 0 Å². The van der Waals surface area contributed by atoms with Crippen LogP contribution in [0.15, 0.2) is 25.6 Å². The van der Waals surface area contributed by atoms with Crippen LogP contribution in [-0.2, 0) is 18.9 Å². The summed E-state index contributed by atoms with van der Waals surface area (Å²) in [5.74, 6) is -1.76. The Morgan fingerprint density at radius 3 is 2.65 bits per heavy atom. The molecule has 0 radical (unpaired) electrons. The molecule has 0 aromatic carbocycles. The Hall–Kier alpha value is -2.39. The molecule has 0 aliphatic rings. The van der Waals surface area contributed by atoms with Gasteiger partial charge in [-0.1, -0.05) is 0 Å². The Balaban J connectivity index is 2.47. The van der Waals surface area contributed by atoms with Crippen molar-refractivity contribution < 1.29 is 9.21 Å². The Bertz CT molecular complexity index is 1030. The second-order valence-corrected chi connectivity index (χ2v) is 6.15. The van der Waals surface area contributed by atoms with Crippen LogP contribution in [0.1, 0.15) is 16.5 Å². The number of nitrogens with two attached hydrogens (primary N) is 1. The third-order valence-electron chi connectivity index (χ3n) is 3.55. The number of carbonyl (C=O) groups excluding carboxylic acids is 1. The summed E-state index contributed by atoms with van der Waals surface area (Å²) in [5.41, 5.74) is 4.42. The molecule has 1 atom stereocenters. The monoisotopic (exact) mass is 354 g/mol. The summed E-state index contributed by atoms with van der Waals surface area (Å²) in [4.78, 5) is 40.5. The summed E-state index contributed by atoms with van der Waals surface area (Å²) in [6.45, 7) is 0. The van der Waals surface area contributed by atoms with Gasteiger partial charge in [-0.3, -0.25) is 18.7 Å². The number of carbonyl (C=O) groups is 1. The highest BCUT2D eigenvalue weighted by atomic mass is 35.5. The molecule has 3 rings (SSSR count). The maximum absolute atomic E-state index is 12.5. The largest absolute Gasteiger partial charge is 0.427 e. The van der Waals surface area contributed by atoms with Crippen LogP contribution in [0.5, 0.6) is 0 Å². The van der Waals surface area contributed by atoms with Gasteiger partial charge in [-0.05, 0) is 11.6 Å². The number of aromatic nitrogens is 3. The maximum atomic E-state index is 12.5. The van der Waals surface area contributed by atoms with Gasteiger partial charge in [0.1, 0.15) is 16.3 Å². The number of nitrogens with zero attached hydrogens (tertiary/aromatic N) is 3. The normalized spacial score (nSPS) is 12.7. The zero-order chi connectivity index (χ0) is 16.9. The van der Waals surface area contributed by atoms with E-state index in [-0.39, 0.29) is 21.9 Å². The van der Waals surface area contributed by atoms with Gasteiger partial charge in [-0.25, -0.2) is 9.78 Å². The van der Waals surface area contributed by atoms with Gasteiger partial charge in [0.05, 0.1) is 0 Å². The van der Waals surface area contributed by atoms with Crippen LogP contribution >= 0.6 is 22.9 Å². The van der Waals surface area contributed by atoms with E-state index in [9.17, 15) is 14.4 Å². The van der Waals surface area contributed by atoms with E-state index in [0.717, 1.165) is 9.13 Å². The van der Waals surface area contributed by atoms with Crippen molar-refractivity contribution in [2.45, 2.75) is 5.92 Å². The predicted octanol–water partition coefficient (Wildman–Crippen LogP) is 0.557. The van der Waals surface area contributed by atoms with E-state index >= 15 is 0 Å². The van der Waals surface area contributed by atoms with E-state index in [0.29, 0.717) is 5.01 Å². The van der Waals surface area contributed by atoms with Gasteiger partial charge in [-0.2, -0.15) is 0 Å². The van der Waals surface area contributed by atoms with E-state index in [1.165, 1.54) is 31.6 Å². The van der Waals surface area contributed by atoms with Gasteiger partial charge in [0.2, 0.25) is 16.8 Å². The number of halogens is 1. The number of rotatable bonds is 3. The number of amides is 1. The fraction of sp³-hybridized carbons (Fsp3) is 0.231. The van der Waals surface area contributed by atoms with E-state index < -0.39 is 23.1 Å². The van der Waals surface area contributed by atoms with Crippen molar-refractivity contribution in [3.63, 3.8) is 0 Å². The zero-order valence-electron chi connectivity index (χ0n) is 12.1. The van der Waals surface area contributed by atoms with Crippen molar-refractivity contribution in [2.24, 2.45) is 19.8 Å². The number of hydrogen-bond acceptors (Lipinski definition) is 6. The Kier molecular flexibility index (Phi) is 3.61. The van der Waals surface area contributed by atoms with Crippen molar-refractivity contribution in [1.82, 2.24) is 14.1 Å². The second kappa shape index (κ2) is 5.36. The van der Waals surface area contributed by atoms with Gasteiger partial charge in [-0.15, -0.1) is 11.3 Å². The van der Waals surface area contributed by atoms with Gasteiger partial charge in [0, 0.05) is 31.2 Å². The molecule has 0 bridgehead atoms. The van der Waals surface area contributed by atoms with Crippen molar-refractivity contribution in [3.8, 4) is 0 Å². The molecular weight excluding hydrogens is 344 g/mol. The first kappa shape index (κ1) is 15.5. The molecule has 1 amide bonds. The highest BCUT2D eigenvalue weighted by Gasteiger charge is 2.32. The predicted molar refractivity (Wildman–Crippen MR) is 84.9 cm³/mol. The SMILES string of the molecule is Cn1c(=O)c2c(C(C(N)=O)c3nccs3)c(Cl)oc2n(C)c1=O. The minimum Gasteiger partial charge on any atom is -0.427 e. The summed E-state index contributed by atoms with van der Waals surface area (Å²) >= 11 is 7.31. The first-order chi connectivity index (χ1) is 10.8. The van der Waals surface area contributed by atoms with Crippen molar-refractivity contribution in [1.29, 1.82) is 0 Å². The van der Waals surface area contributed by atoms with E-state index in [2.05, 4.69) is 4.98 Å². The summed E-state index contributed by atoms with van der Waals surface area (Å²) in [6.07, 6.45) is 1.51. The van der Waals surface area contributed by atoms with Gasteiger partial charge in [0.15, 0.2) is 0 Å². The van der Waals surface area contributed by atoms with Crippen LogP contribution in [0.25, 0.3) is 11.1 Å². The van der Waals surface area contributed by atoms with E-state index in [1.54, 1.807) is 5.38 Å². The smallest absolute Gasteiger partial charge is 0.333 e. The third kappa shape index (κ3) is 2.20. The molecular formula is C13H11ClN4O4S.